The van der Waals surface area contributed by atoms with E-state index in [1.807, 2.05) is 0 Å². The quantitative estimate of drug-likeness (QED) is 0.703. The molecular formula is C15H25BrN2. The molecule has 0 bridgehead atoms. The van der Waals surface area contributed by atoms with E-state index in [1.165, 1.54) is 48.7 Å². The molecule has 0 unspecified atom stereocenters. The van der Waals surface area contributed by atoms with Gasteiger partial charge in [-0.15, -0.1) is 0 Å². The molecule has 2 N–H and O–H groups in total. The maximum Gasteiger partial charge on any atom is 0.0241 e. The summed E-state index contributed by atoms with van der Waals surface area (Å²) < 4.78 is 1.21. The first kappa shape index (κ1) is 15.7. The lowest BCUT2D eigenvalue weighted by Crippen LogP contribution is -2.19. The van der Waals surface area contributed by atoms with Crippen molar-refractivity contribution in [3.63, 3.8) is 0 Å². The molecule has 0 aliphatic rings. The fraction of sp³-hybridized carbons (Fsp3) is 0.600. The van der Waals surface area contributed by atoms with E-state index in [4.69, 9.17) is 5.73 Å². The van der Waals surface area contributed by atoms with E-state index in [0.29, 0.717) is 0 Å². The Morgan fingerprint density at radius 2 is 1.72 bits per heavy atom. The highest BCUT2D eigenvalue weighted by atomic mass is 79.9. The Hall–Kier alpha value is -0.380. The zero-order chi connectivity index (χ0) is 13.2. The first-order valence-corrected chi connectivity index (χ1v) is 7.65. The first-order chi connectivity index (χ1) is 8.74. The van der Waals surface area contributed by atoms with Gasteiger partial charge in [0.05, 0.1) is 0 Å². The zero-order valence-electron chi connectivity index (χ0n) is 11.4. The maximum atomic E-state index is 5.48. The molecule has 18 heavy (non-hydrogen) atoms. The molecule has 0 aliphatic heterocycles. The number of nitrogens with zero attached hydrogens (tertiary/aromatic N) is 1. The number of benzene rings is 1. The van der Waals surface area contributed by atoms with E-state index < -0.39 is 0 Å². The summed E-state index contributed by atoms with van der Waals surface area (Å²) in [4.78, 5) is 2.39. The Labute approximate surface area is 120 Å². The minimum atomic E-state index is 0.835. The summed E-state index contributed by atoms with van der Waals surface area (Å²) >= 11 is 3.60. The summed E-state index contributed by atoms with van der Waals surface area (Å²) in [7, 11) is 2.19. The van der Waals surface area contributed by atoms with Crippen molar-refractivity contribution in [2.24, 2.45) is 5.73 Å². The Morgan fingerprint density at radius 1 is 1.06 bits per heavy atom. The highest BCUT2D eigenvalue weighted by molar-refractivity contribution is 9.10. The second-order valence-electron chi connectivity index (χ2n) is 4.89. The predicted octanol–water partition coefficient (Wildman–Crippen LogP) is 3.79. The molecule has 3 heteroatoms. The molecule has 0 heterocycles. The van der Waals surface area contributed by atoms with Crippen LogP contribution in [0.15, 0.2) is 28.7 Å². The molecule has 1 aromatic carbocycles. The summed E-state index contributed by atoms with van der Waals surface area (Å²) in [6, 6.07) is 8.45. The van der Waals surface area contributed by atoms with Crippen LogP contribution in [0, 0.1) is 0 Å². The fourth-order valence-corrected chi connectivity index (χ4v) is 2.46. The van der Waals surface area contributed by atoms with Gasteiger partial charge in [-0.2, -0.15) is 0 Å². The highest BCUT2D eigenvalue weighted by Gasteiger charge is 2.03. The molecule has 0 amide bonds. The van der Waals surface area contributed by atoms with Gasteiger partial charge in [-0.3, -0.25) is 0 Å². The lowest BCUT2D eigenvalue weighted by molar-refractivity contribution is 0.316. The third kappa shape index (κ3) is 6.53. The van der Waals surface area contributed by atoms with Gasteiger partial charge in [0.25, 0.3) is 0 Å². The van der Waals surface area contributed by atoms with Crippen molar-refractivity contribution in [2.45, 2.75) is 38.6 Å². The van der Waals surface area contributed by atoms with Gasteiger partial charge >= 0.3 is 0 Å². The second-order valence-corrected chi connectivity index (χ2v) is 5.74. The smallest absolute Gasteiger partial charge is 0.0241 e. The van der Waals surface area contributed by atoms with Crippen LogP contribution >= 0.6 is 15.9 Å². The molecule has 1 rings (SSSR count). The summed E-state index contributed by atoms with van der Waals surface area (Å²) in [6.45, 7) is 3.02. The average molecular weight is 313 g/mol. The first-order valence-electron chi connectivity index (χ1n) is 6.86. The predicted molar refractivity (Wildman–Crippen MR) is 82.6 cm³/mol. The Balaban J connectivity index is 2.14. The summed E-state index contributed by atoms with van der Waals surface area (Å²) in [5, 5.41) is 0. The number of nitrogens with two attached hydrogens (primary N) is 1. The van der Waals surface area contributed by atoms with Crippen LogP contribution in [0.5, 0.6) is 0 Å². The van der Waals surface area contributed by atoms with Crippen LogP contribution in [-0.4, -0.2) is 25.0 Å². The molecule has 1 aromatic rings. The minimum Gasteiger partial charge on any atom is -0.330 e. The van der Waals surface area contributed by atoms with Crippen molar-refractivity contribution in [2.75, 3.05) is 20.1 Å². The normalized spacial score (nSPS) is 11.1. The molecule has 0 saturated carbocycles. The lowest BCUT2D eigenvalue weighted by Gasteiger charge is -2.17. The van der Waals surface area contributed by atoms with Crippen molar-refractivity contribution in [1.82, 2.24) is 4.90 Å². The summed E-state index contributed by atoms with van der Waals surface area (Å²) in [5.74, 6) is 0. The maximum absolute atomic E-state index is 5.48. The van der Waals surface area contributed by atoms with Gasteiger partial charge in [0.2, 0.25) is 0 Å². The van der Waals surface area contributed by atoms with Crippen LogP contribution in [0.25, 0.3) is 0 Å². The van der Waals surface area contributed by atoms with Crippen LogP contribution in [-0.2, 0) is 6.54 Å². The summed E-state index contributed by atoms with van der Waals surface area (Å²) in [5.41, 5.74) is 6.84. The van der Waals surface area contributed by atoms with Gasteiger partial charge in [-0.1, -0.05) is 53.4 Å². The molecule has 0 radical (unpaired) electrons. The van der Waals surface area contributed by atoms with Crippen LogP contribution in [0.3, 0.4) is 0 Å². The Bertz CT molecular complexity index is 328. The molecule has 0 atom stereocenters. The van der Waals surface area contributed by atoms with E-state index in [-0.39, 0.29) is 0 Å². The van der Waals surface area contributed by atoms with Gasteiger partial charge in [0.15, 0.2) is 0 Å². The summed E-state index contributed by atoms with van der Waals surface area (Å²) in [6.07, 6.45) is 6.38. The van der Waals surface area contributed by atoms with Gasteiger partial charge in [0.1, 0.15) is 0 Å². The highest BCUT2D eigenvalue weighted by Crippen LogP contribution is 2.17. The monoisotopic (exact) mass is 312 g/mol. The number of rotatable bonds is 9. The van der Waals surface area contributed by atoms with Crippen LogP contribution in [0.1, 0.15) is 37.7 Å². The molecule has 102 valence electrons. The van der Waals surface area contributed by atoms with E-state index in [9.17, 15) is 0 Å². The van der Waals surface area contributed by atoms with Crippen LogP contribution in [0.4, 0.5) is 0 Å². The van der Waals surface area contributed by atoms with Gasteiger partial charge in [-0.05, 0) is 44.6 Å². The topological polar surface area (TPSA) is 29.3 Å². The average Bonchev–Trinajstić information content (AvgIpc) is 2.36. The van der Waals surface area contributed by atoms with E-state index >= 15 is 0 Å². The van der Waals surface area contributed by atoms with Crippen molar-refractivity contribution in [3.05, 3.63) is 34.3 Å². The standard InChI is InChI=1S/C15H25BrN2/c1-18(12-8-4-2-3-7-11-17)13-14-9-5-6-10-15(14)16/h5-6,9-10H,2-4,7-8,11-13,17H2,1H3. The van der Waals surface area contributed by atoms with Crippen LogP contribution < -0.4 is 5.73 Å². The largest absolute Gasteiger partial charge is 0.330 e. The number of unbranched alkanes of at least 4 members (excludes halogenated alkanes) is 4. The molecule has 0 fully saturated rings. The third-order valence-corrected chi connectivity index (χ3v) is 3.92. The SMILES string of the molecule is CN(CCCCCCCN)Cc1ccccc1Br. The van der Waals surface area contributed by atoms with Gasteiger partial charge < -0.3 is 10.6 Å². The molecule has 0 saturated heterocycles. The number of halogens is 1. The van der Waals surface area contributed by atoms with Crippen molar-refractivity contribution in [3.8, 4) is 0 Å². The van der Waals surface area contributed by atoms with Crippen molar-refractivity contribution >= 4 is 15.9 Å². The zero-order valence-corrected chi connectivity index (χ0v) is 13.0. The fourth-order valence-electron chi connectivity index (χ4n) is 2.05. The van der Waals surface area contributed by atoms with E-state index in [1.54, 1.807) is 0 Å². The second kappa shape index (κ2) is 9.54. The number of hydrogen-bond acceptors (Lipinski definition) is 2. The van der Waals surface area contributed by atoms with E-state index in [0.717, 1.165) is 13.1 Å². The lowest BCUT2D eigenvalue weighted by atomic mass is 10.1. The Morgan fingerprint density at radius 3 is 2.44 bits per heavy atom. The van der Waals surface area contributed by atoms with Crippen LogP contribution in [0.2, 0.25) is 0 Å². The molecule has 2 nitrogen and oxygen atoms in total. The van der Waals surface area contributed by atoms with E-state index in [2.05, 4.69) is 52.1 Å². The molecule has 0 aromatic heterocycles. The molecule has 0 spiro atoms. The van der Waals surface area contributed by atoms with Crippen molar-refractivity contribution < 1.29 is 0 Å². The van der Waals surface area contributed by atoms with Gasteiger partial charge in [-0.25, -0.2) is 0 Å². The van der Waals surface area contributed by atoms with Gasteiger partial charge in [0, 0.05) is 11.0 Å². The number of hydrogen-bond donors (Lipinski definition) is 1. The minimum absolute atomic E-state index is 0.835. The van der Waals surface area contributed by atoms with Crippen molar-refractivity contribution in [1.29, 1.82) is 0 Å². The molecular weight excluding hydrogens is 288 g/mol. The molecule has 0 aliphatic carbocycles. The third-order valence-electron chi connectivity index (χ3n) is 3.14. The Kier molecular flexibility index (Phi) is 8.31.